The van der Waals surface area contributed by atoms with Gasteiger partial charge >= 0.3 is 0 Å². The third-order valence-electron chi connectivity index (χ3n) is 2.16. The molecule has 4 heteroatoms. The van der Waals surface area contributed by atoms with E-state index in [0.717, 1.165) is 6.42 Å². The number of nitrogens with zero attached hydrogens (tertiary/aromatic N) is 2. The van der Waals surface area contributed by atoms with E-state index >= 15 is 0 Å². The molecule has 1 heterocycles. The van der Waals surface area contributed by atoms with Crippen LogP contribution in [-0.4, -0.2) is 15.7 Å². The van der Waals surface area contributed by atoms with Crippen molar-refractivity contribution in [2.24, 2.45) is 5.92 Å². The van der Waals surface area contributed by atoms with E-state index in [0.29, 0.717) is 17.6 Å². The molecule has 1 atom stereocenters. The summed E-state index contributed by atoms with van der Waals surface area (Å²) >= 11 is 0. The fourth-order valence-corrected chi connectivity index (χ4v) is 1.67. The molecule has 1 aromatic rings. The van der Waals surface area contributed by atoms with Crippen LogP contribution in [0.15, 0.2) is 4.52 Å². The second-order valence-corrected chi connectivity index (χ2v) is 5.76. The van der Waals surface area contributed by atoms with Crippen molar-refractivity contribution in [3.05, 3.63) is 11.7 Å². The normalized spacial score (nSPS) is 14.4. The topological polar surface area (TPSA) is 51.0 Å². The Hall–Kier alpha value is -0.900. The monoisotopic (exact) mass is 225 g/mol. The zero-order chi connectivity index (χ0) is 12.3. The molecule has 1 rings (SSSR count). The SMILES string of the molecule is Cc1noc(C(CC(C)C)NC(C)(C)C)n1. The predicted octanol–water partition coefficient (Wildman–Crippen LogP) is 2.85. The molecular weight excluding hydrogens is 202 g/mol. The van der Waals surface area contributed by atoms with Gasteiger partial charge in [-0.05, 0) is 40.0 Å². The molecule has 0 aromatic carbocycles. The van der Waals surface area contributed by atoms with Crippen molar-refractivity contribution in [1.82, 2.24) is 15.5 Å². The van der Waals surface area contributed by atoms with Gasteiger partial charge in [0.2, 0.25) is 5.89 Å². The molecule has 16 heavy (non-hydrogen) atoms. The lowest BCUT2D eigenvalue weighted by molar-refractivity contribution is 0.260. The molecule has 0 fully saturated rings. The first-order valence-electron chi connectivity index (χ1n) is 5.86. The minimum Gasteiger partial charge on any atom is -0.338 e. The smallest absolute Gasteiger partial charge is 0.243 e. The Bertz CT molecular complexity index is 325. The van der Waals surface area contributed by atoms with E-state index in [1.807, 2.05) is 6.92 Å². The standard InChI is InChI=1S/C12H23N3O/c1-8(2)7-10(14-12(4,5)6)11-13-9(3)15-16-11/h8,10,14H,7H2,1-6H3. The van der Waals surface area contributed by atoms with Crippen LogP contribution >= 0.6 is 0 Å². The summed E-state index contributed by atoms with van der Waals surface area (Å²) in [4.78, 5) is 4.31. The zero-order valence-corrected chi connectivity index (χ0v) is 11.2. The fraction of sp³-hybridized carbons (Fsp3) is 0.833. The van der Waals surface area contributed by atoms with Crippen molar-refractivity contribution < 1.29 is 4.52 Å². The van der Waals surface area contributed by atoms with Gasteiger partial charge in [0.15, 0.2) is 5.82 Å². The van der Waals surface area contributed by atoms with E-state index in [-0.39, 0.29) is 11.6 Å². The molecular formula is C12H23N3O. The second kappa shape index (κ2) is 4.95. The first-order chi connectivity index (χ1) is 7.28. The van der Waals surface area contributed by atoms with Gasteiger partial charge < -0.3 is 9.84 Å². The molecule has 1 N–H and O–H groups in total. The highest BCUT2D eigenvalue weighted by Crippen LogP contribution is 2.22. The third-order valence-corrected chi connectivity index (χ3v) is 2.16. The molecule has 0 saturated carbocycles. The van der Waals surface area contributed by atoms with E-state index in [4.69, 9.17) is 4.52 Å². The first kappa shape index (κ1) is 13.2. The highest BCUT2D eigenvalue weighted by atomic mass is 16.5. The lowest BCUT2D eigenvalue weighted by atomic mass is 10.00. The Balaban J connectivity index is 2.79. The van der Waals surface area contributed by atoms with Crippen molar-refractivity contribution in [2.75, 3.05) is 0 Å². The Morgan fingerprint density at radius 1 is 1.31 bits per heavy atom. The van der Waals surface area contributed by atoms with E-state index < -0.39 is 0 Å². The van der Waals surface area contributed by atoms with Crippen LogP contribution in [0.3, 0.4) is 0 Å². The van der Waals surface area contributed by atoms with Gasteiger partial charge in [-0.25, -0.2) is 0 Å². The molecule has 0 bridgehead atoms. The van der Waals surface area contributed by atoms with Crippen molar-refractivity contribution in [3.8, 4) is 0 Å². The summed E-state index contributed by atoms with van der Waals surface area (Å²) < 4.78 is 5.25. The lowest BCUT2D eigenvalue weighted by Crippen LogP contribution is -2.39. The van der Waals surface area contributed by atoms with Crippen LogP contribution in [0.25, 0.3) is 0 Å². The largest absolute Gasteiger partial charge is 0.338 e. The van der Waals surface area contributed by atoms with E-state index in [1.54, 1.807) is 0 Å². The number of aryl methyl sites for hydroxylation is 1. The third kappa shape index (κ3) is 4.31. The average molecular weight is 225 g/mol. The van der Waals surface area contributed by atoms with Crippen LogP contribution in [-0.2, 0) is 0 Å². The summed E-state index contributed by atoms with van der Waals surface area (Å²) in [6.45, 7) is 12.7. The number of nitrogens with one attached hydrogen (secondary N) is 1. The zero-order valence-electron chi connectivity index (χ0n) is 11.2. The number of hydrogen-bond donors (Lipinski definition) is 1. The Morgan fingerprint density at radius 3 is 2.31 bits per heavy atom. The highest BCUT2D eigenvalue weighted by molar-refractivity contribution is 4.94. The van der Waals surface area contributed by atoms with Gasteiger partial charge in [0.1, 0.15) is 0 Å². The maximum absolute atomic E-state index is 5.25. The van der Waals surface area contributed by atoms with Gasteiger partial charge in [-0.1, -0.05) is 19.0 Å². The molecule has 0 aliphatic heterocycles. The number of hydrogen-bond acceptors (Lipinski definition) is 4. The van der Waals surface area contributed by atoms with Gasteiger partial charge in [-0.3, -0.25) is 0 Å². The molecule has 0 radical (unpaired) electrons. The Morgan fingerprint density at radius 2 is 1.94 bits per heavy atom. The van der Waals surface area contributed by atoms with Crippen molar-refractivity contribution in [3.63, 3.8) is 0 Å². The lowest BCUT2D eigenvalue weighted by Gasteiger charge is -2.27. The maximum Gasteiger partial charge on any atom is 0.243 e. The van der Waals surface area contributed by atoms with Crippen LogP contribution in [0, 0.1) is 12.8 Å². The van der Waals surface area contributed by atoms with Gasteiger partial charge in [0, 0.05) is 5.54 Å². The summed E-state index contributed by atoms with van der Waals surface area (Å²) in [5.41, 5.74) is 0.0436. The van der Waals surface area contributed by atoms with E-state index in [2.05, 4.69) is 50.1 Å². The molecule has 0 aliphatic carbocycles. The number of rotatable bonds is 4. The Labute approximate surface area is 97.8 Å². The van der Waals surface area contributed by atoms with Gasteiger partial charge in [-0.2, -0.15) is 4.98 Å². The maximum atomic E-state index is 5.25. The molecule has 0 spiro atoms. The Kier molecular flexibility index (Phi) is 4.08. The van der Waals surface area contributed by atoms with Crippen LogP contribution in [0.1, 0.15) is 58.8 Å². The van der Waals surface area contributed by atoms with Crippen molar-refractivity contribution >= 4 is 0 Å². The summed E-state index contributed by atoms with van der Waals surface area (Å²) in [5.74, 6) is 1.98. The highest BCUT2D eigenvalue weighted by Gasteiger charge is 2.24. The summed E-state index contributed by atoms with van der Waals surface area (Å²) in [6, 6.07) is 0.140. The molecule has 0 saturated heterocycles. The quantitative estimate of drug-likeness (QED) is 0.856. The number of aromatic nitrogens is 2. The average Bonchev–Trinajstić information content (AvgIpc) is 2.47. The van der Waals surface area contributed by atoms with Crippen LogP contribution in [0.5, 0.6) is 0 Å². The predicted molar refractivity (Wildman–Crippen MR) is 64.1 cm³/mol. The van der Waals surface area contributed by atoms with Gasteiger partial charge in [-0.15, -0.1) is 0 Å². The van der Waals surface area contributed by atoms with Crippen LogP contribution in [0.4, 0.5) is 0 Å². The molecule has 1 unspecified atom stereocenters. The van der Waals surface area contributed by atoms with Crippen LogP contribution in [0.2, 0.25) is 0 Å². The fourth-order valence-electron chi connectivity index (χ4n) is 1.67. The van der Waals surface area contributed by atoms with Crippen molar-refractivity contribution in [2.45, 2.75) is 59.5 Å². The summed E-state index contributed by atoms with van der Waals surface area (Å²) in [5, 5.41) is 7.37. The molecule has 0 aliphatic rings. The van der Waals surface area contributed by atoms with Gasteiger partial charge in [0.25, 0.3) is 0 Å². The minimum absolute atomic E-state index is 0.0436. The molecule has 4 nitrogen and oxygen atoms in total. The minimum atomic E-state index is 0.0436. The summed E-state index contributed by atoms with van der Waals surface area (Å²) in [7, 11) is 0. The van der Waals surface area contributed by atoms with Crippen LogP contribution < -0.4 is 5.32 Å². The molecule has 1 aromatic heterocycles. The first-order valence-corrected chi connectivity index (χ1v) is 5.86. The molecule has 0 amide bonds. The van der Waals surface area contributed by atoms with Gasteiger partial charge in [0.05, 0.1) is 6.04 Å². The summed E-state index contributed by atoms with van der Waals surface area (Å²) in [6.07, 6.45) is 0.999. The van der Waals surface area contributed by atoms with E-state index in [1.165, 1.54) is 0 Å². The molecule has 92 valence electrons. The van der Waals surface area contributed by atoms with E-state index in [9.17, 15) is 0 Å². The second-order valence-electron chi connectivity index (χ2n) is 5.76. The van der Waals surface area contributed by atoms with Crippen molar-refractivity contribution in [1.29, 1.82) is 0 Å².